The Morgan fingerprint density at radius 3 is 2.58 bits per heavy atom. The third-order valence-electron chi connectivity index (χ3n) is 4.13. The SMILES string of the molecule is COc1ccccc1NC(=O)C1CCN(C[C@H](O)C(F)(F)F)CC1. The number of aliphatic hydroxyl groups excluding tert-OH is 1. The number of rotatable bonds is 5. The zero-order chi connectivity index (χ0) is 17.7. The molecule has 2 rings (SSSR count). The number of alkyl halides is 3. The second-order valence-electron chi connectivity index (χ2n) is 5.82. The number of benzene rings is 1. The molecule has 8 heteroatoms. The van der Waals surface area contributed by atoms with Crippen molar-refractivity contribution in [1.29, 1.82) is 0 Å². The molecule has 1 heterocycles. The largest absolute Gasteiger partial charge is 0.495 e. The maximum Gasteiger partial charge on any atom is 0.415 e. The highest BCUT2D eigenvalue weighted by Gasteiger charge is 2.39. The maximum atomic E-state index is 12.4. The minimum absolute atomic E-state index is 0.171. The number of carbonyl (C=O) groups excluding carboxylic acids is 1. The molecule has 0 saturated carbocycles. The second kappa shape index (κ2) is 7.85. The van der Waals surface area contributed by atoms with Crippen molar-refractivity contribution in [3.05, 3.63) is 24.3 Å². The average molecular weight is 346 g/mol. The summed E-state index contributed by atoms with van der Waals surface area (Å²) in [5, 5.41) is 11.9. The Labute approximate surface area is 138 Å². The molecule has 1 aliphatic rings. The summed E-state index contributed by atoms with van der Waals surface area (Å²) in [5.74, 6) is 0.112. The van der Waals surface area contributed by atoms with Crippen molar-refractivity contribution in [3.8, 4) is 5.75 Å². The molecule has 1 aliphatic heterocycles. The maximum absolute atomic E-state index is 12.4. The number of nitrogens with zero attached hydrogens (tertiary/aromatic N) is 1. The van der Waals surface area contributed by atoms with Crippen LogP contribution in [0.2, 0.25) is 0 Å². The molecule has 1 aromatic rings. The highest BCUT2D eigenvalue weighted by Crippen LogP contribution is 2.27. The predicted molar refractivity (Wildman–Crippen MR) is 82.8 cm³/mol. The number of hydrogen-bond donors (Lipinski definition) is 2. The first-order valence-corrected chi connectivity index (χ1v) is 7.72. The van der Waals surface area contributed by atoms with Gasteiger partial charge in [-0.05, 0) is 38.1 Å². The number of para-hydroxylation sites is 2. The Bertz CT molecular complexity index is 558. The first kappa shape index (κ1) is 18.5. The number of nitrogens with one attached hydrogen (secondary N) is 1. The summed E-state index contributed by atoms with van der Waals surface area (Å²) in [5.41, 5.74) is 0.569. The molecule has 0 aromatic heterocycles. The van der Waals surface area contributed by atoms with Crippen molar-refractivity contribution >= 4 is 11.6 Å². The van der Waals surface area contributed by atoms with E-state index in [-0.39, 0.29) is 11.8 Å². The third kappa shape index (κ3) is 4.85. The van der Waals surface area contributed by atoms with Crippen LogP contribution in [0.3, 0.4) is 0 Å². The molecule has 24 heavy (non-hydrogen) atoms. The average Bonchev–Trinajstić information content (AvgIpc) is 2.55. The molecule has 5 nitrogen and oxygen atoms in total. The molecule has 0 unspecified atom stereocenters. The number of methoxy groups -OCH3 is 1. The van der Waals surface area contributed by atoms with E-state index in [1.54, 1.807) is 24.3 Å². The fraction of sp³-hybridized carbons (Fsp3) is 0.562. The fourth-order valence-electron chi connectivity index (χ4n) is 2.71. The van der Waals surface area contributed by atoms with Crippen molar-refractivity contribution in [2.24, 2.45) is 5.92 Å². The smallest absolute Gasteiger partial charge is 0.415 e. The minimum Gasteiger partial charge on any atom is -0.495 e. The van der Waals surface area contributed by atoms with Crippen LogP contribution in [0.5, 0.6) is 5.75 Å². The molecule has 0 aliphatic carbocycles. The zero-order valence-electron chi connectivity index (χ0n) is 13.3. The molecule has 1 fully saturated rings. The Morgan fingerprint density at radius 2 is 2.00 bits per heavy atom. The van der Waals surface area contributed by atoms with Crippen LogP contribution in [0.15, 0.2) is 24.3 Å². The normalized spacial score (nSPS) is 18.2. The van der Waals surface area contributed by atoms with Crippen LogP contribution in [0.1, 0.15) is 12.8 Å². The molecule has 1 amide bonds. The molecule has 0 radical (unpaired) electrons. The van der Waals surface area contributed by atoms with E-state index >= 15 is 0 Å². The van der Waals surface area contributed by atoms with Gasteiger partial charge in [-0.3, -0.25) is 4.79 Å². The molecule has 1 atom stereocenters. The molecule has 0 bridgehead atoms. The highest BCUT2D eigenvalue weighted by atomic mass is 19.4. The Balaban J connectivity index is 1.85. The first-order valence-electron chi connectivity index (χ1n) is 7.72. The van der Waals surface area contributed by atoms with Gasteiger partial charge in [-0.15, -0.1) is 0 Å². The monoisotopic (exact) mass is 346 g/mol. The fourth-order valence-corrected chi connectivity index (χ4v) is 2.71. The number of hydrogen-bond acceptors (Lipinski definition) is 4. The van der Waals surface area contributed by atoms with Crippen LogP contribution < -0.4 is 10.1 Å². The van der Waals surface area contributed by atoms with Gasteiger partial charge in [-0.25, -0.2) is 0 Å². The van der Waals surface area contributed by atoms with Gasteiger partial charge in [0.05, 0.1) is 12.8 Å². The predicted octanol–water partition coefficient (Wildman–Crippen LogP) is 2.27. The molecule has 1 saturated heterocycles. The second-order valence-corrected chi connectivity index (χ2v) is 5.82. The van der Waals surface area contributed by atoms with Crippen molar-refractivity contribution < 1.29 is 27.8 Å². The molecular formula is C16H21F3N2O3. The number of carbonyl (C=O) groups is 1. The summed E-state index contributed by atoms with van der Waals surface area (Å²) >= 11 is 0. The van der Waals surface area contributed by atoms with Gasteiger partial charge in [0.1, 0.15) is 5.75 Å². The van der Waals surface area contributed by atoms with Gasteiger partial charge in [0.15, 0.2) is 6.10 Å². The lowest BCUT2D eigenvalue weighted by Gasteiger charge is -2.32. The molecular weight excluding hydrogens is 325 g/mol. The van der Waals surface area contributed by atoms with E-state index in [0.717, 1.165) is 0 Å². The van der Waals surface area contributed by atoms with Crippen molar-refractivity contribution in [2.75, 3.05) is 32.1 Å². The van der Waals surface area contributed by atoms with Gasteiger partial charge < -0.3 is 20.1 Å². The van der Waals surface area contributed by atoms with E-state index in [0.29, 0.717) is 37.4 Å². The first-order chi connectivity index (χ1) is 11.3. The van der Waals surface area contributed by atoms with Crippen LogP contribution >= 0.6 is 0 Å². The Kier molecular flexibility index (Phi) is 6.06. The van der Waals surface area contributed by atoms with Crippen molar-refractivity contribution in [1.82, 2.24) is 4.90 Å². The number of halogens is 3. The number of piperidine rings is 1. The quantitative estimate of drug-likeness (QED) is 0.859. The van der Waals surface area contributed by atoms with E-state index in [4.69, 9.17) is 9.84 Å². The Morgan fingerprint density at radius 1 is 1.38 bits per heavy atom. The van der Waals surface area contributed by atoms with Gasteiger partial charge in [-0.1, -0.05) is 12.1 Å². The minimum atomic E-state index is -4.61. The standard InChI is InChI=1S/C16H21F3N2O3/c1-24-13-5-3-2-4-12(13)20-15(23)11-6-8-21(9-7-11)10-14(22)16(17,18)19/h2-5,11,14,22H,6-10H2,1H3,(H,20,23)/t14-/m0/s1. The number of anilines is 1. The van der Waals surface area contributed by atoms with Crippen LogP contribution in [0.25, 0.3) is 0 Å². The number of likely N-dealkylation sites (tertiary alicyclic amines) is 1. The van der Waals surface area contributed by atoms with Crippen LogP contribution in [0.4, 0.5) is 18.9 Å². The lowest BCUT2D eigenvalue weighted by atomic mass is 9.95. The lowest BCUT2D eigenvalue weighted by Crippen LogP contribution is -2.45. The summed E-state index contributed by atoms with van der Waals surface area (Å²) in [4.78, 5) is 13.8. The molecule has 134 valence electrons. The van der Waals surface area contributed by atoms with E-state index in [2.05, 4.69) is 5.32 Å². The summed E-state index contributed by atoms with van der Waals surface area (Å²) in [6.45, 7) is 0.235. The van der Waals surface area contributed by atoms with Gasteiger partial charge >= 0.3 is 6.18 Å². The van der Waals surface area contributed by atoms with Crippen molar-refractivity contribution in [2.45, 2.75) is 25.1 Å². The van der Waals surface area contributed by atoms with Crippen LogP contribution in [0, 0.1) is 5.92 Å². The van der Waals surface area contributed by atoms with Crippen LogP contribution in [-0.4, -0.2) is 54.9 Å². The highest BCUT2D eigenvalue weighted by molar-refractivity contribution is 5.94. The topological polar surface area (TPSA) is 61.8 Å². The Hall–Kier alpha value is -1.80. The molecule has 1 aromatic carbocycles. The van der Waals surface area contributed by atoms with Gasteiger partial charge in [0, 0.05) is 12.5 Å². The summed E-state index contributed by atoms with van der Waals surface area (Å²) in [7, 11) is 1.51. The van der Waals surface area contributed by atoms with E-state index in [1.165, 1.54) is 12.0 Å². The lowest BCUT2D eigenvalue weighted by molar-refractivity contribution is -0.208. The third-order valence-corrected chi connectivity index (χ3v) is 4.13. The zero-order valence-corrected chi connectivity index (χ0v) is 13.3. The number of ether oxygens (including phenoxy) is 1. The van der Waals surface area contributed by atoms with E-state index < -0.39 is 18.8 Å². The van der Waals surface area contributed by atoms with Crippen molar-refractivity contribution in [3.63, 3.8) is 0 Å². The van der Waals surface area contributed by atoms with Gasteiger partial charge in [0.2, 0.25) is 5.91 Å². The molecule has 0 spiro atoms. The number of β-amino-alcohol motifs (C(OH)–C–C–N with tert-alkyl or cyclic N) is 1. The van der Waals surface area contributed by atoms with E-state index in [1.807, 2.05) is 0 Å². The summed E-state index contributed by atoms with van der Waals surface area (Å²) in [6, 6.07) is 7.03. The summed E-state index contributed by atoms with van der Waals surface area (Å²) in [6.07, 6.45) is -6.06. The number of aliphatic hydroxyl groups is 1. The van der Waals surface area contributed by atoms with Crippen LogP contribution in [-0.2, 0) is 4.79 Å². The van der Waals surface area contributed by atoms with Gasteiger partial charge in [0.25, 0.3) is 0 Å². The summed E-state index contributed by atoms with van der Waals surface area (Å²) < 4.78 is 42.3. The van der Waals surface area contributed by atoms with E-state index in [9.17, 15) is 18.0 Å². The molecule has 2 N–H and O–H groups in total. The van der Waals surface area contributed by atoms with Gasteiger partial charge in [-0.2, -0.15) is 13.2 Å². The number of amides is 1.